The third kappa shape index (κ3) is 3.01. The Balaban J connectivity index is 1.21. The molecule has 164 valence electrons. The zero-order valence-electron chi connectivity index (χ0n) is 18.4. The van der Waals surface area contributed by atoms with E-state index in [9.17, 15) is 14.4 Å². The molecule has 1 N–H and O–H groups in total. The number of carbonyl (C=O) groups is 3. The Bertz CT molecular complexity index is 1120. The van der Waals surface area contributed by atoms with Crippen LogP contribution in [0.3, 0.4) is 0 Å². The van der Waals surface area contributed by atoms with Gasteiger partial charge >= 0.3 is 0 Å². The van der Waals surface area contributed by atoms with Crippen LogP contribution < -0.4 is 10.2 Å². The molecular formula is C27H28N2O3. The molecule has 1 heterocycles. The van der Waals surface area contributed by atoms with Crippen LogP contribution in [0.5, 0.6) is 0 Å². The van der Waals surface area contributed by atoms with E-state index in [0.29, 0.717) is 28.9 Å². The molecule has 5 aliphatic rings. The minimum atomic E-state index is -0.366. The highest BCUT2D eigenvalue weighted by atomic mass is 16.2. The maximum absolute atomic E-state index is 13.1. The molecule has 0 unspecified atom stereocenters. The van der Waals surface area contributed by atoms with Gasteiger partial charge in [-0.1, -0.05) is 18.2 Å². The van der Waals surface area contributed by atoms with E-state index < -0.39 is 0 Å². The number of hydrogen-bond acceptors (Lipinski definition) is 3. The van der Waals surface area contributed by atoms with Gasteiger partial charge in [0.2, 0.25) is 0 Å². The molecule has 4 saturated carbocycles. The van der Waals surface area contributed by atoms with Crippen molar-refractivity contribution in [1.29, 1.82) is 0 Å². The zero-order valence-corrected chi connectivity index (χ0v) is 18.4. The first-order valence-corrected chi connectivity index (χ1v) is 11.8. The Morgan fingerprint density at radius 2 is 1.56 bits per heavy atom. The van der Waals surface area contributed by atoms with Gasteiger partial charge in [-0.15, -0.1) is 0 Å². The summed E-state index contributed by atoms with van der Waals surface area (Å²) in [4.78, 5) is 40.3. The normalized spacial score (nSPS) is 30.0. The predicted molar refractivity (Wildman–Crippen MR) is 122 cm³/mol. The Kier molecular flexibility index (Phi) is 4.33. The van der Waals surface area contributed by atoms with E-state index in [2.05, 4.69) is 5.32 Å². The van der Waals surface area contributed by atoms with Crippen molar-refractivity contribution in [2.75, 3.05) is 11.4 Å². The number of para-hydroxylation sites is 1. The molecule has 5 nitrogen and oxygen atoms in total. The van der Waals surface area contributed by atoms with Gasteiger partial charge in [-0.2, -0.15) is 0 Å². The summed E-state index contributed by atoms with van der Waals surface area (Å²) in [6, 6.07) is 12.2. The van der Waals surface area contributed by atoms with E-state index in [-0.39, 0.29) is 23.1 Å². The number of benzene rings is 2. The molecule has 2 aromatic carbocycles. The summed E-state index contributed by atoms with van der Waals surface area (Å²) < 4.78 is 0. The molecule has 0 aromatic heterocycles. The van der Waals surface area contributed by atoms with E-state index >= 15 is 0 Å². The fraction of sp³-hybridized carbons (Fsp3) is 0.444. The predicted octanol–water partition coefficient (Wildman–Crippen LogP) is 4.74. The highest BCUT2D eigenvalue weighted by Gasteiger charge is 2.50. The fourth-order valence-corrected chi connectivity index (χ4v) is 7.29. The first-order chi connectivity index (χ1) is 15.4. The maximum Gasteiger partial charge on any atom is 0.266 e. The van der Waals surface area contributed by atoms with Crippen molar-refractivity contribution in [2.45, 2.75) is 45.4 Å². The highest BCUT2D eigenvalue weighted by molar-refractivity contribution is 6.35. The van der Waals surface area contributed by atoms with Crippen LogP contribution in [0, 0.1) is 30.1 Å². The second kappa shape index (κ2) is 7.03. The van der Waals surface area contributed by atoms with Crippen LogP contribution in [0.4, 0.5) is 5.69 Å². The number of fused-ring (bicyclic) bond motifs is 1. The Morgan fingerprint density at radius 1 is 0.938 bits per heavy atom. The summed E-state index contributed by atoms with van der Waals surface area (Å²) in [5.74, 6) is 1.67. The first kappa shape index (κ1) is 19.7. The van der Waals surface area contributed by atoms with Gasteiger partial charge in [0.15, 0.2) is 0 Å². The van der Waals surface area contributed by atoms with Crippen molar-refractivity contribution in [3.05, 3.63) is 64.7 Å². The van der Waals surface area contributed by atoms with Gasteiger partial charge < -0.3 is 5.32 Å². The Labute approximate surface area is 188 Å². The summed E-state index contributed by atoms with van der Waals surface area (Å²) >= 11 is 0. The molecule has 0 atom stereocenters. The molecule has 4 aliphatic carbocycles. The number of anilines is 1. The number of hydrogen-bond donors (Lipinski definition) is 1. The lowest BCUT2D eigenvalue weighted by Gasteiger charge is -2.56. The highest BCUT2D eigenvalue weighted by Crippen LogP contribution is 2.59. The van der Waals surface area contributed by atoms with E-state index in [4.69, 9.17) is 0 Å². The van der Waals surface area contributed by atoms with Crippen molar-refractivity contribution in [3.8, 4) is 0 Å². The molecule has 0 radical (unpaired) electrons. The van der Waals surface area contributed by atoms with Gasteiger partial charge in [-0.3, -0.25) is 14.4 Å². The largest absolute Gasteiger partial charge is 0.351 e. The van der Waals surface area contributed by atoms with Crippen molar-refractivity contribution in [2.24, 2.45) is 23.2 Å². The summed E-state index contributed by atoms with van der Waals surface area (Å²) in [6.45, 7) is 2.59. The fourth-order valence-electron chi connectivity index (χ4n) is 7.29. The van der Waals surface area contributed by atoms with Crippen LogP contribution in [0.25, 0.3) is 0 Å². The number of nitrogens with zero attached hydrogens (tertiary/aromatic N) is 1. The number of imide groups is 1. The molecule has 4 fully saturated rings. The standard InChI is InChI=1S/C27H28N2O3/c1-16-4-2-3-5-23(16)29-25(31)21-7-6-20(11-22(21)26(29)32)24(30)28-15-27-12-17-8-18(13-27)10-19(9-17)14-27/h2-7,11,17-19H,8-10,12-15H2,1H3,(H,28,30). The van der Waals surface area contributed by atoms with Crippen LogP contribution in [-0.2, 0) is 0 Å². The van der Waals surface area contributed by atoms with Crippen molar-refractivity contribution in [1.82, 2.24) is 5.32 Å². The minimum Gasteiger partial charge on any atom is -0.351 e. The van der Waals surface area contributed by atoms with Crippen LogP contribution in [-0.4, -0.2) is 24.3 Å². The van der Waals surface area contributed by atoms with Crippen LogP contribution >= 0.6 is 0 Å². The van der Waals surface area contributed by atoms with Crippen LogP contribution in [0.2, 0.25) is 0 Å². The molecule has 0 spiro atoms. The van der Waals surface area contributed by atoms with Crippen molar-refractivity contribution >= 4 is 23.4 Å². The monoisotopic (exact) mass is 428 g/mol. The van der Waals surface area contributed by atoms with Crippen LogP contribution in [0.15, 0.2) is 42.5 Å². The SMILES string of the molecule is Cc1ccccc1N1C(=O)c2ccc(C(=O)NCC34CC5CC(CC(C5)C3)C4)cc2C1=O. The van der Waals surface area contributed by atoms with E-state index in [1.165, 1.54) is 43.4 Å². The average molecular weight is 429 g/mol. The van der Waals surface area contributed by atoms with Crippen LogP contribution in [0.1, 0.15) is 75.2 Å². The van der Waals surface area contributed by atoms with E-state index in [1.807, 2.05) is 25.1 Å². The maximum atomic E-state index is 13.1. The first-order valence-electron chi connectivity index (χ1n) is 11.8. The smallest absolute Gasteiger partial charge is 0.266 e. The Morgan fingerprint density at radius 3 is 2.22 bits per heavy atom. The lowest BCUT2D eigenvalue weighted by molar-refractivity contribution is -0.0503. The number of carbonyl (C=O) groups excluding carboxylic acids is 3. The van der Waals surface area contributed by atoms with Gasteiger partial charge in [-0.25, -0.2) is 4.90 Å². The van der Waals surface area contributed by atoms with Crippen molar-refractivity contribution < 1.29 is 14.4 Å². The zero-order chi connectivity index (χ0) is 22.0. The molecule has 2 aromatic rings. The minimum absolute atomic E-state index is 0.155. The summed E-state index contributed by atoms with van der Waals surface area (Å²) in [7, 11) is 0. The van der Waals surface area contributed by atoms with Gasteiger partial charge in [0, 0.05) is 12.1 Å². The lowest BCUT2D eigenvalue weighted by Crippen LogP contribution is -2.51. The van der Waals surface area contributed by atoms with Gasteiger partial charge in [0.05, 0.1) is 16.8 Å². The van der Waals surface area contributed by atoms with E-state index in [1.54, 1.807) is 24.3 Å². The molecular weight excluding hydrogens is 400 g/mol. The molecule has 0 saturated heterocycles. The lowest BCUT2D eigenvalue weighted by atomic mass is 9.49. The average Bonchev–Trinajstić information content (AvgIpc) is 3.01. The number of nitrogens with one attached hydrogen (secondary N) is 1. The van der Waals surface area contributed by atoms with Gasteiger partial charge in [-0.05, 0) is 98.4 Å². The van der Waals surface area contributed by atoms with E-state index in [0.717, 1.165) is 23.3 Å². The number of rotatable bonds is 4. The molecule has 4 bridgehead atoms. The molecule has 7 rings (SSSR count). The summed E-state index contributed by atoms with van der Waals surface area (Å²) in [5.41, 5.74) is 2.81. The number of aryl methyl sites for hydroxylation is 1. The molecule has 32 heavy (non-hydrogen) atoms. The number of amides is 3. The third-order valence-electron chi connectivity index (χ3n) is 8.29. The molecule has 5 heteroatoms. The van der Waals surface area contributed by atoms with Crippen molar-refractivity contribution in [3.63, 3.8) is 0 Å². The second-order valence-corrected chi connectivity index (χ2v) is 10.6. The van der Waals surface area contributed by atoms with Gasteiger partial charge in [0.1, 0.15) is 0 Å². The second-order valence-electron chi connectivity index (χ2n) is 10.6. The van der Waals surface area contributed by atoms with Gasteiger partial charge in [0.25, 0.3) is 17.7 Å². The quantitative estimate of drug-likeness (QED) is 0.715. The third-order valence-corrected chi connectivity index (χ3v) is 8.29. The molecule has 3 amide bonds. The molecule has 1 aliphatic heterocycles. The summed E-state index contributed by atoms with van der Waals surface area (Å²) in [6.07, 6.45) is 7.86. The Hall–Kier alpha value is -2.95. The topological polar surface area (TPSA) is 66.5 Å². The summed E-state index contributed by atoms with van der Waals surface area (Å²) in [5, 5.41) is 3.18.